The third-order valence-electron chi connectivity index (χ3n) is 3.47. The van der Waals surface area contributed by atoms with Gasteiger partial charge in [-0.05, 0) is 32.9 Å². The molecule has 0 saturated carbocycles. The van der Waals surface area contributed by atoms with Gasteiger partial charge in [-0.15, -0.1) is 0 Å². The normalized spacial score (nSPS) is 24.1. The van der Waals surface area contributed by atoms with E-state index in [2.05, 4.69) is 15.3 Å². The predicted octanol–water partition coefficient (Wildman–Crippen LogP) is 0.870. The summed E-state index contributed by atoms with van der Waals surface area (Å²) in [6, 6.07) is 0. The van der Waals surface area contributed by atoms with Crippen LogP contribution in [0.25, 0.3) is 0 Å². The molecule has 4 nitrogen and oxygen atoms in total. The smallest absolute Gasteiger partial charge is 0.114 e. The van der Waals surface area contributed by atoms with Crippen molar-refractivity contribution in [3.8, 4) is 0 Å². The first-order valence-electron chi connectivity index (χ1n) is 5.71. The van der Waals surface area contributed by atoms with Gasteiger partial charge in [0.2, 0.25) is 0 Å². The number of rotatable bonds is 0. The van der Waals surface area contributed by atoms with Gasteiger partial charge in [0.25, 0.3) is 0 Å². The van der Waals surface area contributed by atoms with Gasteiger partial charge < -0.3 is 15.0 Å². The van der Waals surface area contributed by atoms with Crippen LogP contribution < -0.4 is 5.32 Å². The summed E-state index contributed by atoms with van der Waals surface area (Å²) in [5.74, 6) is 1.02. The largest absolute Gasteiger partial charge is 0.368 e. The Balaban J connectivity index is 2.03. The number of hydrogen-bond donors (Lipinski definition) is 2. The van der Waals surface area contributed by atoms with E-state index in [1.807, 2.05) is 6.92 Å². The molecule has 1 aromatic rings. The van der Waals surface area contributed by atoms with Crippen LogP contribution in [-0.2, 0) is 16.8 Å². The molecule has 1 fully saturated rings. The second kappa shape index (κ2) is 3.32. The summed E-state index contributed by atoms with van der Waals surface area (Å²) in [7, 11) is 0. The molecule has 4 heteroatoms. The molecule has 3 heterocycles. The number of nitrogens with zero attached hydrogens (tertiary/aromatic N) is 1. The highest BCUT2D eigenvalue weighted by Gasteiger charge is 2.41. The minimum absolute atomic E-state index is 0.0937. The number of H-pyrrole nitrogens is 1. The van der Waals surface area contributed by atoms with Crippen molar-refractivity contribution in [3.05, 3.63) is 17.2 Å². The summed E-state index contributed by atoms with van der Waals surface area (Å²) in [4.78, 5) is 7.98. The Kier molecular flexibility index (Phi) is 2.07. The van der Waals surface area contributed by atoms with Crippen molar-refractivity contribution in [2.24, 2.45) is 0 Å². The molecule has 3 rings (SSSR count). The minimum Gasteiger partial charge on any atom is -0.368 e. The fourth-order valence-corrected chi connectivity index (χ4v) is 2.73. The summed E-state index contributed by atoms with van der Waals surface area (Å²) in [5.41, 5.74) is 2.37. The van der Waals surface area contributed by atoms with E-state index in [9.17, 15) is 0 Å². The molecule has 2 aliphatic rings. The van der Waals surface area contributed by atoms with Crippen LogP contribution in [0.5, 0.6) is 0 Å². The fourth-order valence-electron chi connectivity index (χ4n) is 2.73. The molecule has 0 radical (unpaired) electrons. The highest BCUT2D eigenvalue weighted by molar-refractivity contribution is 5.25. The maximum atomic E-state index is 6.02. The van der Waals surface area contributed by atoms with E-state index >= 15 is 0 Å². The summed E-state index contributed by atoms with van der Waals surface area (Å²) in [5, 5.41) is 3.38. The Morgan fingerprint density at radius 3 is 2.93 bits per heavy atom. The lowest BCUT2D eigenvalue weighted by Gasteiger charge is -2.39. The Morgan fingerprint density at radius 1 is 1.33 bits per heavy atom. The third kappa shape index (κ3) is 1.40. The fraction of sp³-hybridized carbons (Fsp3) is 0.727. The monoisotopic (exact) mass is 207 g/mol. The Labute approximate surface area is 89.4 Å². The van der Waals surface area contributed by atoms with Gasteiger partial charge in [-0.25, -0.2) is 4.98 Å². The molecule has 15 heavy (non-hydrogen) atoms. The van der Waals surface area contributed by atoms with Crippen LogP contribution in [0.1, 0.15) is 30.1 Å². The molecule has 1 saturated heterocycles. The first kappa shape index (κ1) is 9.36. The zero-order valence-electron chi connectivity index (χ0n) is 9.10. The maximum absolute atomic E-state index is 6.02. The molecule has 0 unspecified atom stereocenters. The van der Waals surface area contributed by atoms with Crippen molar-refractivity contribution in [3.63, 3.8) is 0 Å². The van der Waals surface area contributed by atoms with E-state index in [4.69, 9.17) is 4.74 Å². The number of aromatic amines is 1. The van der Waals surface area contributed by atoms with Gasteiger partial charge in [0, 0.05) is 12.1 Å². The number of hydrogen-bond acceptors (Lipinski definition) is 3. The van der Waals surface area contributed by atoms with Gasteiger partial charge in [0.1, 0.15) is 11.4 Å². The van der Waals surface area contributed by atoms with Gasteiger partial charge in [-0.2, -0.15) is 0 Å². The van der Waals surface area contributed by atoms with E-state index in [-0.39, 0.29) is 5.60 Å². The topological polar surface area (TPSA) is 49.9 Å². The van der Waals surface area contributed by atoms with Crippen molar-refractivity contribution in [1.82, 2.24) is 15.3 Å². The average molecular weight is 207 g/mol. The van der Waals surface area contributed by atoms with Gasteiger partial charge in [0.05, 0.1) is 12.3 Å². The van der Waals surface area contributed by atoms with Crippen LogP contribution in [0.15, 0.2) is 0 Å². The van der Waals surface area contributed by atoms with Gasteiger partial charge in [-0.3, -0.25) is 0 Å². The lowest BCUT2D eigenvalue weighted by Crippen LogP contribution is -2.44. The maximum Gasteiger partial charge on any atom is 0.114 e. The summed E-state index contributed by atoms with van der Waals surface area (Å²) < 4.78 is 6.02. The van der Waals surface area contributed by atoms with E-state index < -0.39 is 0 Å². The van der Waals surface area contributed by atoms with Gasteiger partial charge in [0.15, 0.2) is 0 Å². The second-order valence-electron chi connectivity index (χ2n) is 4.49. The number of nitrogens with one attached hydrogen (secondary N) is 2. The molecular weight excluding hydrogens is 190 g/mol. The quantitative estimate of drug-likeness (QED) is 0.663. The summed E-state index contributed by atoms with van der Waals surface area (Å²) in [6.07, 6.45) is 3.07. The molecule has 0 aromatic carbocycles. The van der Waals surface area contributed by atoms with Crippen LogP contribution in [0.2, 0.25) is 0 Å². The zero-order chi connectivity index (χ0) is 10.3. The highest BCUT2D eigenvalue weighted by atomic mass is 16.5. The first-order chi connectivity index (χ1) is 7.30. The van der Waals surface area contributed by atoms with Gasteiger partial charge >= 0.3 is 0 Å². The minimum atomic E-state index is -0.0937. The van der Waals surface area contributed by atoms with Crippen LogP contribution in [0.3, 0.4) is 0 Å². The van der Waals surface area contributed by atoms with Crippen molar-refractivity contribution < 1.29 is 4.74 Å². The number of aryl methyl sites for hydroxylation is 1. The van der Waals surface area contributed by atoms with E-state index in [1.165, 1.54) is 11.4 Å². The second-order valence-corrected chi connectivity index (χ2v) is 4.49. The third-order valence-corrected chi connectivity index (χ3v) is 3.47. The molecule has 2 N–H and O–H groups in total. The van der Waals surface area contributed by atoms with Gasteiger partial charge in [-0.1, -0.05) is 0 Å². The average Bonchev–Trinajstić information content (AvgIpc) is 2.62. The van der Waals surface area contributed by atoms with Crippen LogP contribution in [0.4, 0.5) is 0 Å². The molecule has 1 spiro atoms. The Bertz CT molecular complexity index is 366. The molecule has 0 amide bonds. The van der Waals surface area contributed by atoms with Crippen molar-refractivity contribution in [1.29, 1.82) is 0 Å². The number of aromatic nitrogens is 2. The highest BCUT2D eigenvalue weighted by Crippen LogP contribution is 2.38. The lowest BCUT2D eigenvalue weighted by atomic mass is 9.85. The molecule has 82 valence electrons. The van der Waals surface area contributed by atoms with Crippen LogP contribution in [-0.4, -0.2) is 29.7 Å². The number of piperidine rings is 1. The molecule has 0 bridgehead atoms. The summed E-state index contributed by atoms with van der Waals surface area (Å²) in [6.45, 7) is 4.92. The summed E-state index contributed by atoms with van der Waals surface area (Å²) >= 11 is 0. The predicted molar refractivity (Wildman–Crippen MR) is 56.8 cm³/mol. The molecular formula is C11H17N3O. The number of fused-ring (bicyclic) bond motifs is 2. The Morgan fingerprint density at radius 2 is 2.13 bits per heavy atom. The van der Waals surface area contributed by atoms with E-state index in [0.717, 1.165) is 44.8 Å². The number of imidazole rings is 1. The Hall–Kier alpha value is -0.870. The van der Waals surface area contributed by atoms with Crippen LogP contribution in [0, 0.1) is 6.92 Å². The van der Waals surface area contributed by atoms with E-state index in [1.54, 1.807) is 0 Å². The molecule has 0 atom stereocenters. The molecule has 2 aliphatic heterocycles. The van der Waals surface area contributed by atoms with Crippen molar-refractivity contribution in [2.75, 3.05) is 19.7 Å². The molecule has 1 aromatic heterocycles. The SMILES string of the molecule is Cc1nc2c([nH]1)CCOC21CCNCC1. The van der Waals surface area contributed by atoms with Crippen molar-refractivity contribution >= 4 is 0 Å². The lowest BCUT2D eigenvalue weighted by molar-refractivity contribution is -0.0834. The zero-order valence-corrected chi connectivity index (χ0v) is 9.10. The van der Waals surface area contributed by atoms with E-state index in [0.29, 0.717) is 0 Å². The number of ether oxygens (including phenoxy) is 1. The first-order valence-corrected chi connectivity index (χ1v) is 5.71. The van der Waals surface area contributed by atoms with Crippen molar-refractivity contribution in [2.45, 2.75) is 31.8 Å². The van der Waals surface area contributed by atoms with Crippen LogP contribution >= 0.6 is 0 Å². The molecule has 0 aliphatic carbocycles. The standard InChI is InChI=1S/C11H17N3O/c1-8-13-9-2-7-15-11(10(9)14-8)3-5-12-6-4-11/h12H,2-7H2,1H3,(H,13,14).